The minimum Gasteiger partial charge on any atom is -0.345 e. The minimum absolute atomic E-state index is 0.112. The molecule has 2 fully saturated rings. The number of H-pyrrole nitrogens is 1. The molecule has 1 saturated carbocycles. The highest BCUT2D eigenvalue weighted by Gasteiger charge is 2.50. The first-order valence-electron chi connectivity index (χ1n) is 9.72. The lowest BCUT2D eigenvalue weighted by Crippen LogP contribution is -2.61. The second-order valence-electron chi connectivity index (χ2n) is 8.04. The van der Waals surface area contributed by atoms with Crippen LogP contribution in [-0.2, 0) is 10.2 Å². The van der Waals surface area contributed by atoms with Crippen LogP contribution in [0.4, 0.5) is 8.78 Å². The molecular formula is C18H22F2N6O2S. The van der Waals surface area contributed by atoms with Crippen molar-refractivity contribution in [1.82, 2.24) is 28.4 Å². The predicted molar refractivity (Wildman–Crippen MR) is 103 cm³/mol. The Hall–Kier alpha value is -2.11. The fraction of sp³-hybridized carbons (Fsp3) is 0.556. The van der Waals surface area contributed by atoms with Crippen molar-refractivity contribution in [1.29, 1.82) is 0 Å². The Balaban J connectivity index is 1.42. The van der Waals surface area contributed by atoms with Gasteiger partial charge in [0.05, 0.1) is 24.8 Å². The summed E-state index contributed by atoms with van der Waals surface area (Å²) in [7, 11) is -3.90. The molecule has 0 spiro atoms. The number of imidazole rings is 1. The molecule has 1 saturated heterocycles. The SMILES string of the molecule is CC[C@@H]1C[C@H](NS(=O)(=O)N2CC(F)(F)C2)C[C@@H]1c1cnc2cnc3[nH]ccc3n12. The lowest BCUT2D eigenvalue weighted by Gasteiger charge is -2.37. The van der Waals surface area contributed by atoms with Gasteiger partial charge in [0.15, 0.2) is 11.3 Å². The first-order chi connectivity index (χ1) is 13.8. The summed E-state index contributed by atoms with van der Waals surface area (Å²) in [6.45, 7) is 0.587. The molecule has 8 nitrogen and oxygen atoms in total. The Kier molecular flexibility index (Phi) is 4.20. The van der Waals surface area contributed by atoms with Crippen LogP contribution in [-0.4, -0.2) is 57.1 Å². The maximum absolute atomic E-state index is 13.1. The lowest BCUT2D eigenvalue weighted by atomic mass is 9.91. The van der Waals surface area contributed by atoms with E-state index >= 15 is 0 Å². The fourth-order valence-corrected chi connectivity index (χ4v) is 6.19. The van der Waals surface area contributed by atoms with Gasteiger partial charge in [0.25, 0.3) is 16.1 Å². The molecule has 0 unspecified atom stereocenters. The molecule has 11 heteroatoms. The van der Waals surface area contributed by atoms with Crippen molar-refractivity contribution in [3.63, 3.8) is 0 Å². The molecule has 156 valence electrons. The Morgan fingerprint density at radius 2 is 2.07 bits per heavy atom. The maximum Gasteiger partial charge on any atom is 0.280 e. The molecule has 1 aliphatic heterocycles. The van der Waals surface area contributed by atoms with Gasteiger partial charge in [-0.25, -0.2) is 18.7 Å². The maximum atomic E-state index is 13.1. The van der Waals surface area contributed by atoms with Crippen molar-refractivity contribution in [3.8, 4) is 0 Å². The van der Waals surface area contributed by atoms with Crippen LogP contribution in [0.5, 0.6) is 0 Å². The van der Waals surface area contributed by atoms with E-state index in [9.17, 15) is 17.2 Å². The smallest absolute Gasteiger partial charge is 0.280 e. The number of alkyl halides is 2. The molecule has 3 aromatic heterocycles. The molecule has 1 aliphatic carbocycles. The van der Waals surface area contributed by atoms with Gasteiger partial charge in [0.1, 0.15) is 0 Å². The van der Waals surface area contributed by atoms with Gasteiger partial charge in [0, 0.05) is 30.0 Å². The predicted octanol–water partition coefficient (Wildman–Crippen LogP) is 2.27. The normalized spacial score (nSPS) is 27.6. The summed E-state index contributed by atoms with van der Waals surface area (Å²) >= 11 is 0. The third-order valence-electron chi connectivity index (χ3n) is 6.14. The molecular weight excluding hydrogens is 402 g/mol. The van der Waals surface area contributed by atoms with Gasteiger partial charge >= 0.3 is 0 Å². The highest BCUT2D eigenvalue weighted by atomic mass is 32.2. The molecule has 29 heavy (non-hydrogen) atoms. The van der Waals surface area contributed by atoms with E-state index in [2.05, 4.69) is 31.0 Å². The highest BCUT2D eigenvalue weighted by molar-refractivity contribution is 7.87. The quantitative estimate of drug-likeness (QED) is 0.657. The zero-order valence-corrected chi connectivity index (χ0v) is 16.7. The van der Waals surface area contributed by atoms with Crippen LogP contribution in [0, 0.1) is 5.92 Å². The van der Waals surface area contributed by atoms with Gasteiger partial charge in [-0.05, 0) is 24.8 Å². The van der Waals surface area contributed by atoms with E-state index in [4.69, 9.17) is 0 Å². The van der Waals surface area contributed by atoms with Gasteiger partial charge < -0.3 is 4.98 Å². The first kappa shape index (κ1) is 18.9. The standard InChI is InChI=1S/C18H22F2N6O2S/c1-2-11-5-12(24-29(27,28)25-9-18(19,20)10-25)6-13(11)15-7-22-16-8-23-17-14(26(15)16)3-4-21-17/h3-4,7-8,11-13,21,24H,2,5-6,9-10H2,1H3/t11-,12+,13+/m1/s1. The average molecular weight is 424 g/mol. The summed E-state index contributed by atoms with van der Waals surface area (Å²) in [4.78, 5) is 11.9. The van der Waals surface area contributed by atoms with Crippen LogP contribution in [0.3, 0.4) is 0 Å². The second-order valence-corrected chi connectivity index (χ2v) is 9.74. The van der Waals surface area contributed by atoms with Crippen molar-refractivity contribution in [2.45, 2.75) is 44.1 Å². The summed E-state index contributed by atoms with van der Waals surface area (Å²) in [5, 5.41) is 0. The number of fused-ring (bicyclic) bond motifs is 3. The van der Waals surface area contributed by atoms with Crippen molar-refractivity contribution >= 4 is 27.0 Å². The molecule has 5 rings (SSSR count). The van der Waals surface area contributed by atoms with Gasteiger partial charge in [-0.15, -0.1) is 0 Å². The van der Waals surface area contributed by atoms with Gasteiger partial charge in [0.2, 0.25) is 0 Å². The molecule has 0 radical (unpaired) electrons. The fourth-order valence-electron chi connectivity index (χ4n) is 4.71. The molecule has 2 N–H and O–H groups in total. The van der Waals surface area contributed by atoms with Crippen LogP contribution in [0.1, 0.15) is 37.8 Å². The van der Waals surface area contributed by atoms with E-state index in [1.165, 1.54) is 0 Å². The van der Waals surface area contributed by atoms with Gasteiger partial charge in [-0.2, -0.15) is 17.4 Å². The zero-order valence-electron chi connectivity index (χ0n) is 15.8. The summed E-state index contributed by atoms with van der Waals surface area (Å²) < 4.78 is 56.6. The first-order valence-corrected chi connectivity index (χ1v) is 11.2. The number of halogens is 2. The largest absolute Gasteiger partial charge is 0.345 e. The van der Waals surface area contributed by atoms with Crippen LogP contribution >= 0.6 is 0 Å². The Morgan fingerprint density at radius 1 is 1.28 bits per heavy atom. The Bertz CT molecular complexity index is 1170. The summed E-state index contributed by atoms with van der Waals surface area (Å²) in [6.07, 6.45) is 7.53. The number of nitrogens with one attached hydrogen (secondary N) is 2. The van der Waals surface area contributed by atoms with E-state index < -0.39 is 29.2 Å². The second kappa shape index (κ2) is 6.44. The van der Waals surface area contributed by atoms with E-state index in [0.29, 0.717) is 12.8 Å². The number of hydrogen-bond acceptors (Lipinski definition) is 4. The zero-order chi connectivity index (χ0) is 20.4. The van der Waals surface area contributed by atoms with E-state index in [1.54, 1.807) is 6.20 Å². The Labute approximate surface area is 166 Å². The average Bonchev–Trinajstić information content (AvgIpc) is 3.35. The molecule has 0 amide bonds. The van der Waals surface area contributed by atoms with Crippen LogP contribution < -0.4 is 4.72 Å². The van der Waals surface area contributed by atoms with Gasteiger partial charge in [-0.1, -0.05) is 13.3 Å². The van der Waals surface area contributed by atoms with Crippen molar-refractivity contribution in [2.75, 3.05) is 13.1 Å². The summed E-state index contributed by atoms with van der Waals surface area (Å²) in [5.74, 6) is -2.55. The summed E-state index contributed by atoms with van der Waals surface area (Å²) in [6, 6.07) is 1.65. The third-order valence-corrected chi connectivity index (χ3v) is 7.71. The van der Waals surface area contributed by atoms with Gasteiger partial charge in [-0.3, -0.25) is 4.40 Å². The third kappa shape index (κ3) is 3.11. The van der Waals surface area contributed by atoms with Crippen molar-refractivity contribution < 1.29 is 17.2 Å². The monoisotopic (exact) mass is 424 g/mol. The lowest BCUT2D eigenvalue weighted by molar-refractivity contribution is -0.0950. The number of aromatic nitrogens is 4. The number of nitrogens with zero attached hydrogens (tertiary/aromatic N) is 4. The molecule has 2 aliphatic rings. The topological polar surface area (TPSA) is 95.4 Å². The van der Waals surface area contributed by atoms with Crippen molar-refractivity contribution in [2.24, 2.45) is 5.92 Å². The molecule has 0 bridgehead atoms. The number of aromatic amines is 1. The van der Waals surface area contributed by atoms with Crippen LogP contribution in [0.25, 0.3) is 16.8 Å². The van der Waals surface area contributed by atoms with E-state index in [0.717, 1.165) is 33.2 Å². The van der Waals surface area contributed by atoms with Crippen LogP contribution in [0.15, 0.2) is 24.7 Å². The van der Waals surface area contributed by atoms with Crippen LogP contribution in [0.2, 0.25) is 0 Å². The Morgan fingerprint density at radius 3 is 2.79 bits per heavy atom. The van der Waals surface area contributed by atoms with E-state index in [1.807, 2.05) is 18.5 Å². The molecule has 3 atom stereocenters. The molecule has 4 heterocycles. The number of rotatable bonds is 5. The minimum atomic E-state index is -3.90. The van der Waals surface area contributed by atoms with E-state index in [-0.39, 0.29) is 17.9 Å². The molecule has 3 aromatic rings. The highest BCUT2D eigenvalue weighted by Crippen LogP contribution is 2.42. The van der Waals surface area contributed by atoms with Crippen molar-refractivity contribution in [3.05, 3.63) is 30.4 Å². The molecule has 0 aromatic carbocycles. The summed E-state index contributed by atoms with van der Waals surface area (Å²) in [5.41, 5.74) is 3.46. The number of hydrogen-bond donors (Lipinski definition) is 2.